The molecule has 0 aliphatic carbocycles. The highest BCUT2D eigenvalue weighted by Crippen LogP contribution is 2.34. The second-order valence-corrected chi connectivity index (χ2v) is 10.3. The molecule has 0 aliphatic rings. The molecule has 4 aromatic rings. The van der Waals surface area contributed by atoms with Crippen molar-refractivity contribution < 1.29 is 24.0 Å². The van der Waals surface area contributed by atoms with Crippen LogP contribution in [-0.4, -0.2) is 28.7 Å². The summed E-state index contributed by atoms with van der Waals surface area (Å²) in [5.74, 6) is -2.02. The number of amides is 1. The number of para-hydroxylation sites is 1. The summed E-state index contributed by atoms with van der Waals surface area (Å²) < 4.78 is 5.74. The van der Waals surface area contributed by atoms with Crippen LogP contribution < -0.4 is 5.32 Å². The van der Waals surface area contributed by atoms with E-state index in [1.54, 1.807) is 48.5 Å². The minimum atomic E-state index is -1.41. The van der Waals surface area contributed by atoms with Crippen molar-refractivity contribution in [1.82, 2.24) is 0 Å². The van der Waals surface area contributed by atoms with Crippen LogP contribution in [0.25, 0.3) is 0 Å². The van der Waals surface area contributed by atoms with Gasteiger partial charge in [-0.25, -0.2) is 4.79 Å². The molecule has 4 aromatic carbocycles. The number of hydrogen-bond donors (Lipinski definition) is 1. The van der Waals surface area contributed by atoms with Crippen molar-refractivity contribution >= 4 is 68.2 Å². The van der Waals surface area contributed by atoms with Gasteiger partial charge in [-0.05, 0) is 35.9 Å². The number of nitrogens with zero attached hydrogens (tertiary/aromatic N) is 1. The largest absolute Gasteiger partial charge is 0.449 e. The molecule has 0 aromatic heterocycles. The number of ether oxygens (including phenoxy) is 1. The minimum Gasteiger partial charge on any atom is -0.449 e. The predicted molar refractivity (Wildman–Crippen MR) is 156 cm³/mol. The van der Waals surface area contributed by atoms with Gasteiger partial charge in [0, 0.05) is 22.7 Å². The number of halogens is 3. The molecule has 0 aliphatic heterocycles. The average Bonchev–Trinajstić information content (AvgIpc) is 2.95. The first-order valence-corrected chi connectivity index (χ1v) is 13.4. The Morgan fingerprint density at radius 1 is 0.850 bits per heavy atom. The molecule has 8 nitrogen and oxygen atoms in total. The number of anilines is 1. The molecule has 0 radical (unpaired) electrons. The van der Waals surface area contributed by atoms with E-state index in [0.717, 1.165) is 0 Å². The first kappa shape index (κ1) is 28.9. The number of esters is 1. The minimum absolute atomic E-state index is 0.0226. The number of carbonyl (C=O) groups excluding carboxylic acids is 3. The molecular formula is C29H19BrCl2N2O6. The topological polar surface area (TPSA) is 116 Å². The lowest BCUT2D eigenvalue weighted by atomic mass is 9.99. The van der Waals surface area contributed by atoms with Gasteiger partial charge in [-0.1, -0.05) is 93.7 Å². The summed E-state index contributed by atoms with van der Waals surface area (Å²) in [6, 6.07) is 24.3. The van der Waals surface area contributed by atoms with Gasteiger partial charge in [0.05, 0.1) is 31.6 Å². The van der Waals surface area contributed by atoms with Gasteiger partial charge in [-0.2, -0.15) is 0 Å². The van der Waals surface area contributed by atoms with Crippen LogP contribution in [0.5, 0.6) is 0 Å². The lowest BCUT2D eigenvalue weighted by Gasteiger charge is -2.23. The number of nitrogens with one attached hydrogen (secondary N) is 1. The SMILES string of the molecule is O=C(Nc1ccccc1C(=O)O[C@@H](C(=O)c1ccccc1)[C@@H](Br)c1cccc([N+](=O)[O-])c1)c1ccc(Cl)cc1Cl. The molecule has 0 unspecified atom stereocenters. The third-order valence-corrected chi connectivity index (χ3v) is 7.34. The van der Waals surface area contributed by atoms with Crippen molar-refractivity contribution in [3.05, 3.63) is 139 Å². The molecule has 0 saturated carbocycles. The van der Waals surface area contributed by atoms with Gasteiger partial charge in [0.15, 0.2) is 6.10 Å². The van der Waals surface area contributed by atoms with Crippen molar-refractivity contribution in [3.63, 3.8) is 0 Å². The van der Waals surface area contributed by atoms with E-state index in [-0.39, 0.29) is 33.1 Å². The molecule has 0 spiro atoms. The number of ketones is 1. The number of benzene rings is 4. The van der Waals surface area contributed by atoms with Crippen LogP contribution >= 0.6 is 39.1 Å². The van der Waals surface area contributed by atoms with Crippen molar-refractivity contribution in [3.8, 4) is 0 Å². The summed E-state index contributed by atoms with van der Waals surface area (Å²) >= 11 is 15.5. The lowest BCUT2D eigenvalue weighted by molar-refractivity contribution is -0.384. The van der Waals surface area contributed by atoms with Crippen LogP contribution in [0.4, 0.5) is 11.4 Å². The molecule has 1 amide bonds. The van der Waals surface area contributed by atoms with Crippen molar-refractivity contribution in [2.24, 2.45) is 0 Å². The van der Waals surface area contributed by atoms with Crippen molar-refractivity contribution in [1.29, 1.82) is 0 Å². The zero-order valence-corrected chi connectivity index (χ0v) is 23.5. The van der Waals surface area contributed by atoms with E-state index in [2.05, 4.69) is 21.2 Å². The fourth-order valence-electron chi connectivity index (χ4n) is 3.81. The second kappa shape index (κ2) is 12.9. The fraction of sp³-hybridized carbons (Fsp3) is 0.0690. The van der Waals surface area contributed by atoms with Crippen LogP contribution in [0.3, 0.4) is 0 Å². The van der Waals surface area contributed by atoms with Gasteiger partial charge in [-0.15, -0.1) is 0 Å². The number of Topliss-reactive ketones (excluding diaryl/α,β-unsaturated/α-hetero) is 1. The average molecular weight is 642 g/mol. The monoisotopic (exact) mass is 640 g/mol. The molecule has 0 fully saturated rings. The summed E-state index contributed by atoms with van der Waals surface area (Å²) in [6.07, 6.45) is -1.41. The second-order valence-electron chi connectivity index (χ2n) is 8.43. The van der Waals surface area contributed by atoms with E-state index in [9.17, 15) is 24.5 Å². The summed E-state index contributed by atoms with van der Waals surface area (Å²) in [4.78, 5) is 49.7. The molecule has 4 rings (SSSR count). The molecule has 1 N–H and O–H groups in total. The smallest absolute Gasteiger partial charge is 0.341 e. The van der Waals surface area contributed by atoms with Crippen LogP contribution in [-0.2, 0) is 4.74 Å². The van der Waals surface area contributed by atoms with Gasteiger partial charge >= 0.3 is 5.97 Å². The highest BCUT2D eigenvalue weighted by Gasteiger charge is 2.34. The first-order chi connectivity index (χ1) is 19.2. The van der Waals surface area contributed by atoms with E-state index >= 15 is 0 Å². The highest BCUT2D eigenvalue weighted by molar-refractivity contribution is 9.09. The zero-order chi connectivity index (χ0) is 28.8. The van der Waals surface area contributed by atoms with E-state index < -0.39 is 33.5 Å². The zero-order valence-electron chi connectivity index (χ0n) is 20.4. The van der Waals surface area contributed by atoms with Gasteiger partial charge in [0.25, 0.3) is 11.6 Å². The Morgan fingerprint density at radius 2 is 1.55 bits per heavy atom. The molecular weight excluding hydrogens is 623 g/mol. The van der Waals surface area contributed by atoms with Crippen LogP contribution in [0.15, 0.2) is 97.1 Å². The van der Waals surface area contributed by atoms with Crippen molar-refractivity contribution in [2.75, 3.05) is 5.32 Å². The van der Waals surface area contributed by atoms with Gasteiger partial charge in [0.1, 0.15) is 0 Å². The highest BCUT2D eigenvalue weighted by atomic mass is 79.9. The Hall–Kier alpha value is -4.05. The Bertz CT molecular complexity index is 1600. The molecule has 40 heavy (non-hydrogen) atoms. The maximum absolute atomic E-state index is 13.5. The van der Waals surface area contributed by atoms with E-state index in [1.165, 1.54) is 48.5 Å². The maximum Gasteiger partial charge on any atom is 0.341 e. The van der Waals surface area contributed by atoms with E-state index in [4.69, 9.17) is 27.9 Å². The lowest BCUT2D eigenvalue weighted by Crippen LogP contribution is -2.32. The van der Waals surface area contributed by atoms with Crippen LogP contribution in [0.1, 0.15) is 41.5 Å². The Morgan fingerprint density at radius 3 is 2.25 bits per heavy atom. The normalized spacial score (nSPS) is 12.2. The quantitative estimate of drug-likeness (QED) is 0.0658. The number of nitro benzene ring substituents is 1. The number of nitro groups is 1. The van der Waals surface area contributed by atoms with Gasteiger partial charge in [0.2, 0.25) is 5.78 Å². The van der Waals surface area contributed by atoms with Gasteiger partial charge < -0.3 is 10.1 Å². The fourth-order valence-corrected chi connectivity index (χ4v) is 4.94. The maximum atomic E-state index is 13.5. The number of rotatable bonds is 9. The molecule has 202 valence electrons. The predicted octanol–water partition coefficient (Wildman–Crippen LogP) is 7.70. The summed E-state index contributed by atoms with van der Waals surface area (Å²) in [7, 11) is 0. The Labute approximate surface area is 247 Å². The third-order valence-electron chi connectivity index (χ3n) is 5.79. The Balaban J connectivity index is 1.66. The van der Waals surface area contributed by atoms with Crippen LogP contribution in [0.2, 0.25) is 10.0 Å². The number of hydrogen-bond acceptors (Lipinski definition) is 6. The summed E-state index contributed by atoms with van der Waals surface area (Å²) in [6.45, 7) is 0. The van der Waals surface area contributed by atoms with Gasteiger partial charge in [-0.3, -0.25) is 19.7 Å². The van der Waals surface area contributed by atoms with E-state index in [1.807, 2.05) is 0 Å². The van der Waals surface area contributed by atoms with E-state index in [0.29, 0.717) is 10.6 Å². The van der Waals surface area contributed by atoms with Crippen molar-refractivity contribution in [2.45, 2.75) is 10.9 Å². The number of carbonyl (C=O) groups is 3. The van der Waals surface area contributed by atoms with Crippen LogP contribution in [0, 0.1) is 10.1 Å². The molecule has 2 atom stereocenters. The molecule has 0 saturated heterocycles. The number of non-ortho nitro benzene ring substituents is 1. The standard InChI is InChI=1S/C29H19BrCl2N2O6/c30-25(18-9-6-10-20(15-18)34(38)39)27(26(35)17-7-2-1-3-8-17)40-29(37)22-11-4-5-12-24(22)33-28(36)21-14-13-19(31)16-23(21)32/h1-16,25,27H,(H,33,36)/t25-,27+/m0/s1. The molecule has 0 bridgehead atoms. The first-order valence-electron chi connectivity index (χ1n) is 11.7. The Kier molecular flexibility index (Phi) is 9.31. The molecule has 0 heterocycles. The summed E-state index contributed by atoms with van der Waals surface area (Å²) in [5.41, 5.74) is 0.677. The number of alkyl halides is 1. The third kappa shape index (κ3) is 6.74. The molecule has 11 heteroatoms. The summed E-state index contributed by atoms with van der Waals surface area (Å²) in [5, 5.41) is 14.4.